The second-order valence-electron chi connectivity index (χ2n) is 8.56. The van der Waals surface area contributed by atoms with Gasteiger partial charge in [-0.3, -0.25) is 4.79 Å². The molecule has 0 saturated carbocycles. The maximum Gasteiger partial charge on any atom is 0.321 e. The average Bonchev–Trinajstić information content (AvgIpc) is 3.18. The van der Waals surface area contributed by atoms with Crippen LogP contribution in [0.3, 0.4) is 0 Å². The molecular weight excluding hydrogens is 460 g/mol. The minimum absolute atomic E-state index is 0.0673. The predicted molar refractivity (Wildman–Crippen MR) is 129 cm³/mol. The first-order valence-electron chi connectivity index (χ1n) is 11.2. The maximum atomic E-state index is 13.0. The summed E-state index contributed by atoms with van der Waals surface area (Å²) in [5.74, 6) is -0.0616. The Morgan fingerprint density at radius 2 is 1.58 bits per heavy atom. The third-order valence-electron chi connectivity index (χ3n) is 6.32. The molecule has 0 unspecified atom stereocenters. The smallest absolute Gasteiger partial charge is 0.321 e. The lowest BCUT2D eigenvalue weighted by atomic mass is 9.95. The first kappa shape index (κ1) is 23.7. The highest BCUT2D eigenvalue weighted by atomic mass is 32.2. The topological polar surface area (TPSA) is 90.0 Å². The minimum Gasteiger partial charge on any atom is -0.340 e. The van der Waals surface area contributed by atoms with Crippen molar-refractivity contribution in [2.24, 2.45) is 5.92 Å². The summed E-state index contributed by atoms with van der Waals surface area (Å²) in [6.45, 7) is 6.20. The van der Waals surface area contributed by atoms with Crippen molar-refractivity contribution in [3.05, 3.63) is 46.2 Å². The highest BCUT2D eigenvalue weighted by molar-refractivity contribution is 7.89. The van der Waals surface area contributed by atoms with E-state index in [1.165, 1.54) is 15.6 Å². The van der Waals surface area contributed by atoms with E-state index < -0.39 is 10.0 Å². The Morgan fingerprint density at radius 3 is 2.15 bits per heavy atom. The van der Waals surface area contributed by atoms with E-state index in [1.54, 1.807) is 15.9 Å². The number of carbonyl (C=O) groups is 2. The molecular formula is C23H30N4O4S2. The van der Waals surface area contributed by atoms with Gasteiger partial charge in [0.2, 0.25) is 15.9 Å². The fraction of sp³-hybridized carbons (Fsp3) is 0.478. The largest absolute Gasteiger partial charge is 0.340 e. The lowest BCUT2D eigenvalue weighted by Gasteiger charge is -2.38. The Bertz CT molecular complexity index is 1100. The molecule has 1 aromatic carbocycles. The molecule has 178 valence electrons. The lowest BCUT2D eigenvalue weighted by molar-refractivity contribution is -0.138. The van der Waals surface area contributed by atoms with E-state index in [2.05, 4.69) is 5.32 Å². The SMILES string of the molecule is Cc1cc(S(=O)(=O)N2CCN(C(=O)C3CCN(C(=O)Nc4ccccc4)CC3)CC2)c(C)s1. The number of hydrogen-bond donors (Lipinski definition) is 1. The van der Waals surface area contributed by atoms with E-state index >= 15 is 0 Å². The van der Waals surface area contributed by atoms with Crippen molar-refractivity contribution in [2.75, 3.05) is 44.6 Å². The quantitative estimate of drug-likeness (QED) is 0.713. The molecule has 10 heteroatoms. The Morgan fingerprint density at radius 1 is 0.939 bits per heavy atom. The van der Waals surface area contributed by atoms with Crippen LogP contribution in [-0.4, -0.2) is 73.7 Å². The molecule has 0 spiro atoms. The maximum absolute atomic E-state index is 13.0. The van der Waals surface area contributed by atoms with Crippen molar-refractivity contribution in [2.45, 2.75) is 31.6 Å². The van der Waals surface area contributed by atoms with Gasteiger partial charge in [0.25, 0.3) is 0 Å². The number of amides is 3. The average molecular weight is 491 g/mol. The number of para-hydroxylation sites is 1. The number of piperazine rings is 1. The van der Waals surface area contributed by atoms with Crippen LogP contribution in [0, 0.1) is 19.8 Å². The van der Waals surface area contributed by atoms with Gasteiger partial charge in [0.1, 0.15) is 0 Å². The van der Waals surface area contributed by atoms with E-state index in [-0.39, 0.29) is 17.9 Å². The number of carbonyl (C=O) groups excluding carboxylic acids is 2. The summed E-state index contributed by atoms with van der Waals surface area (Å²) in [5.41, 5.74) is 0.751. The number of thiophene rings is 1. The molecule has 8 nitrogen and oxygen atoms in total. The van der Waals surface area contributed by atoms with Crippen LogP contribution in [0.5, 0.6) is 0 Å². The fourth-order valence-corrected chi connectivity index (χ4v) is 7.41. The van der Waals surface area contributed by atoms with E-state index in [0.717, 1.165) is 15.4 Å². The number of aryl methyl sites for hydroxylation is 2. The zero-order valence-corrected chi connectivity index (χ0v) is 20.6. The summed E-state index contributed by atoms with van der Waals surface area (Å²) in [6.07, 6.45) is 1.24. The number of likely N-dealkylation sites (tertiary alicyclic amines) is 1. The summed E-state index contributed by atoms with van der Waals surface area (Å²) < 4.78 is 27.5. The molecule has 4 rings (SSSR count). The molecule has 2 saturated heterocycles. The van der Waals surface area contributed by atoms with E-state index in [4.69, 9.17) is 0 Å². The molecule has 2 aliphatic rings. The van der Waals surface area contributed by atoms with Crippen LogP contribution in [0.4, 0.5) is 10.5 Å². The second-order valence-corrected chi connectivity index (χ2v) is 11.9. The number of nitrogens with one attached hydrogen (secondary N) is 1. The van der Waals surface area contributed by atoms with Crippen molar-refractivity contribution >= 4 is 39.0 Å². The fourth-order valence-electron chi connectivity index (χ4n) is 4.46. The molecule has 1 aromatic heterocycles. The van der Waals surface area contributed by atoms with Crippen molar-refractivity contribution in [1.82, 2.24) is 14.1 Å². The number of sulfonamides is 1. The normalized spacial score (nSPS) is 18.4. The number of piperidine rings is 1. The standard InChI is InChI=1S/C23H30N4O4S2/c1-17-16-21(18(2)32-17)33(30,31)27-14-12-25(13-15-27)22(28)19-8-10-26(11-9-19)23(29)24-20-6-4-3-5-7-20/h3-7,16,19H,8-15H2,1-2H3,(H,24,29). The third-order valence-corrected chi connectivity index (χ3v) is 9.44. The van der Waals surface area contributed by atoms with Crippen LogP contribution in [0.1, 0.15) is 22.6 Å². The zero-order valence-electron chi connectivity index (χ0n) is 19.0. The van der Waals surface area contributed by atoms with Crippen molar-refractivity contribution in [3.63, 3.8) is 0 Å². The second kappa shape index (κ2) is 9.82. The van der Waals surface area contributed by atoms with Crippen molar-refractivity contribution < 1.29 is 18.0 Å². The summed E-state index contributed by atoms with van der Waals surface area (Å²) in [7, 11) is -3.53. The highest BCUT2D eigenvalue weighted by Crippen LogP contribution is 2.29. The molecule has 3 heterocycles. The Balaban J connectivity index is 1.27. The van der Waals surface area contributed by atoms with Crippen LogP contribution in [0.25, 0.3) is 0 Å². The van der Waals surface area contributed by atoms with Gasteiger partial charge < -0.3 is 15.1 Å². The zero-order chi connectivity index (χ0) is 23.6. The number of rotatable bonds is 4. The van der Waals surface area contributed by atoms with Gasteiger partial charge in [-0.2, -0.15) is 4.31 Å². The van der Waals surface area contributed by atoms with Crippen LogP contribution in [0.2, 0.25) is 0 Å². The third kappa shape index (κ3) is 5.23. The van der Waals surface area contributed by atoms with Gasteiger partial charge in [0, 0.05) is 60.6 Å². The summed E-state index contributed by atoms with van der Waals surface area (Å²) in [6, 6.07) is 10.9. The van der Waals surface area contributed by atoms with Gasteiger partial charge in [0.05, 0.1) is 4.90 Å². The van der Waals surface area contributed by atoms with E-state index in [1.807, 2.05) is 44.2 Å². The van der Waals surface area contributed by atoms with Gasteiger partial charge in [-0.25, -0.2) is 13.2 Å². The first-order chi connectivity index (χ1) is 15.8. The van der Waals surface area contributed by atoms with Gasteiger partial charge in [0.15, 0.2) is 0 Å². The lowest BCUT2D eigenvalue weighted by Crippen LogP contribution is -2.53. The van der Waals surface area contributed by atoms with Crippen LogP contribution in [-0.2, 0) is 14.8 Å². The Hall–Kier alpha value is -2.43. The van der Waals surface area contributed by atoms with Crippen LogP contribution < -0.4 is 5.32 Å². The molecule has 1 N–H and O–H groups in total. The summed E-state index contributed by atoms with van der Waals surface area (Å²) in [4.78, 5) is 31.2. The molecule has 0 bridgehead atoms. The number of nitrogens with zero attached hydrogens (tertiary/aromatic N) is 3. The molecule has 2 fully saturated rings. The molecule has 0 radical (unpaired) electrons. The van der Waals surface area contributed by atoms with E-state index in [0.29, 0.717) is 57.0 Å². The number of hydrogen-bond acceptors (Lipinski definition) is 5. The first-order valence-corrected chi connectivity index (χ1v) is 13.5. The van der Waals surface area contributed by atoms with Crippen LogP contribution in [0.15, 0.2) is 41.3 Å². The molecule has 0 atom stereocenters. The molecule has 0 aliphatic carbocycles. The van der Waals surface area contributed by atoms with Crippen LogP contribution >= 0.6 is 11.3 Å². The van der Waals surface area contributed by atoms with Gasteiger partial charge in [-0.15, -0.1) is 11.3 Å². The Kier molecular flexibility index (Phi) is 7.06. The van der Waals surface area contributed by atoms with Gasteiger partial charge >= 0.3 is 6.03 Å². The predicted octanol–water partition coefficient (Wildman–Crippen LogP) is 3.14. The number of urea groups is 1. The minimum atomic E-state index is -3.53. The monoisotopic (exact) mass is 490 g/mol. The van der Waals surface area contributed by atoms with Crippen molar-refractivity contribution in [3.8, 4) is 0 Å². The molecule has 33 heavy (non-hydrogen) atoms. The van der Waals surface area contributed by atoms with Gasteiger partial charge in [-0.05, 0) is 44.9 Å². The molecule has 3 amide bonds. The Labute approximate surface area is 199 Å². The highest BCUT2D eigenvalue weighted by Gasteiger charge is 2.35. The summed E-state index contributed by atoms with van der Waals surface area (Å²) >= 11 is 1.48. The molecule has 2 aromatic rings. The van der Waals surface area contributed by atoms with E-state index in [9.17, 15) is 18.0 Å². The number of anilines is 1. The van der Waals surface area contributed by atoms with Gasteiger partial charge in [-0.1, -0.05) is 18.2 Å². The number of benzene rings is 1. The molecule has 2 aliphatic heterocycles. The van der Waals surface area contributed by atoms with Crippen molar-refractivity contribution in [1.29, 1.82) is 0 Å². The summed E-state index contributed by atoms with van der Waals surface area (Å²) in [5, 5.41) is 2.89.